The molecule has 122 valence electrons. The summed E-state index contributed by atoms with van der Waals surface area (Å²) < 4.78 is 37.4. The van der Waals surface area contributed by atoms with Crippen LogP contribution in [-0.2, 0) is 17.4 Å². The number of rotatable bonds is 4. The molecule has 1 aromatic carbocycles. The Bertz CT molecular complexity index is 499. The standard InChI is InChI=1S/C16H20F3NO2/c17-16(18,19)13-7-5-11(6-8-13)9-15(22)20-14-4-2-1-3-12(14)10-21/h5-8,12,14,21H,1-4,9-10H2,(H,20,22). The van der Waals surface area contributed by atoms with E-state index in [1.165, 1.54) is 12.1 Å². The number of nitrogens with one attached hydrogen (secondary N) is 1. The van der Waals surface area contributed by atoms with Crippen LogP contribution in [0.3, 0.4) is 0 Å². The molecule has 1 saturated carbocycles. The topological polar surface area (TPSA) is 49.3 Å². The van der Waals surface area contributed by atoms with Gasteiger partial charge in [-0.1, -0.05) is 25.0 Å². The predicted octanol–water partition coefficient (Wildman–Crippen LogP) is 2.92. The maximum Gasteiger partial charge on any atom is 0.416 e. The van der Waals surface area contributed by atoms with E-state index in [9.17, 15) is 23.1 Å². The van der Waals surface area contributed by atoms with Gasteiger partial charge < -0.3 is 10.4 Å². The van der Waals surface area contributed by atoms with E-state index >= 15 is 0 Å². The number of benzene rings is 1. The summed E-state index contributed by atoms with van der Waals surface area (Å²) in [5, 5.41) is 12.2. The molecule has 0 bridgehead atoms. The van der Waals surface area contributed by atoms with Gasteiger partial charge in [0.25, 0.3) is 0 Å². The highest BCUT2D eigenvalue weighted by Gasteiger charge is 2.30. The van der Waals surface area contributed by atoms with Crippen molar-refractivity contribution in [2.24, 2.45) is 5.92 Å². The van der Waals surface area contributed by atoms with Crippen LogP contribution in [0.1, 0.15) is 36.8 Å². The highest BCUT2D eigenvalue weighted by atomic mass is 19.4. The van der Waals surface area contributed by atoms with Crippen LogP contribution in [0.25, 0.3) is 0 Å². The van der Waals surface area contributed by atoms with E-state index in [0.29, 0.717) is 5.56 Å². The maximum atomic E-state index is 12.5. The third kappa shape index (κ3) is 4.47. The Labute approximate surface area is 127 Å². The summed E-state index contributed by atoms with van der Waals surface area (Å²) in [5.74, 6) is -0.143. The van der Waals surface area contributed by atoms with Crippen LogP contribution in [-0.4, -0.2) is 23.7 Å². The lowest BCUT2D eigenvalue weighted by Crippen LogP contribution is -2.44. The van der Waals surface area contributed by atoms with Crippen molar-refractivity contribution >= 4 is 5.91 Å². The Kier molecular flexibility index (Phi) is 5.45. The molecule has 1 fully saturated rings. The van der Waals surface area contributed by atoms with Gasteiger partial charge in [0, 0.05) is 18.6 Å². The first-order chi connectivity index (χ1) is 10.4. The van der Waals surface area contributed by atoms with Gasteiger partial charge in [-0.2, -0.15) is 13.2 Å². The minimum atomic E-state index is -4.36. The number of carbonyl (C=O) groups is 1. The Balaban J connectivity index is 1.91. The molecule has 0 saturated heterocycles. The van der Waals surface area contributed by atoms with E-state index in [1.807, 2.05) is 0 Å². The molecule has 22 heavy (non-hydrogen) atoms. The second kappa shape index (κ2) is 7.13. The highest BCUT2D eigenvalue weighted by Crippen LogP contribution is 2.29. The summed E-state index contributed by atoms with van der Waals surface area (Å²) in [7, 11) is 0. The van der Waals surface area contributed by atoms with Crippen molar-refractivity contribution in [2.75, 3.05) is 6.61 Å². The normalized spacial score (nSPS) is 22.4. The smallest absolute Gasteiger partial charge is 0.396 e. The number of aliphatic hydroxyl groups excluding tert-OH is 1. The molecule has 0 radical (unpaired) electrons. The summed E-state index contributed by atoms with van der Waals surface area (Å²) in [6.45, 7) is 0.0469. The first-order valence-corrected chi connectivity index (χ1v) is 7.46. The van der Waals surface area contributed by atoms with Gasteiger partial charge in [0.2, 0.25) is 5.91 Å². The molecule has 0 aliphatic heterocycles. The van der Waals surface area contributed by atoms with Crippen molar-refractivity contribution in [3.63, 3.8) is 0 Å². The Morgan fingerprint density at radius 1 is 1.18 bits per heavy atom. The van der Waals surface area contributed by atoms with Crippen LogP contribution in [0.15, 0.2) is 24.3 Å². The van der Waals surface area contributed by atoms with E-state index in [2.05, 4.69) is 5.32 Å². The monoisotopic (exact) mass is 315 g/mol. The number of amides is 1. The summed E-state index contributed by atoms with van der Waals surface area (Å²) in [4.78, 5) is 12.0. The summed E-state index contributed by atoms with van der Waals surface area (Å²) in [6.07, 6.45) is -0.520. The Morgan fingerprint density at radius 2 is 1.82 bits per heavy atom. The average Bonchev–Trinajstić information content (AvgIpc) is 2.47. The van der Waals surface area contributed by atoms with Crippen LogP contribution in [0.4, 0.5) is 13.2 Å². The van der Waals surface area contributed by atoms with Crippen molar-refractivity contribution in [1.82, 2.24) is 5.32 Å². The Morgan fingerprint density at radius 3 is 2.41 bits per heavy atom. The minimum absolute atomic E-state index is 0.0410. The zero-order valence-electron chi connectivity index (χ0n) is 12.2. The minimum Gasteiger partial charge on any atom is -0.396 e. The van der Waals surface area contributed by atoms with E-state index in [4.69, 9.17) is 0 Å². The van der Waals surface area contributed by atoms with Gasteiger partial charge in [-0.3, -0.25) is 4.79 Å². The fourth-order valence-electron chi connectivity index (χ4n) is 2.87. The highest BCUT2D eigenvalue weighted by molar-refractivity contribution is 5.78. The van der Waals surface area contributed by atoms with Crippen LogP contribution in [0.2, 0.25) is 0 Å². The summed E-state index contributed by atoms with van der Waals surface area (Å²) >= 11 is 0. The second-order valence-electron chi connectivity index (χ2n) is 5.77. The van der Waals surface area contributed by atoms with Gasteiger partial charge in [-0.05, 0) is 30.5 Å². The molecule has 1 amide bonds. The molecule has 0 spiro atoms. The van der Waals surface area contributed by atoms with Gasteiger partial charge in [-0.15, -0.1) is 0 Å². The average molecular weight is 315 g/mol. The van der Waals surface area contributed by atoms with Gasteiger partial charge in [0.1, 0.15) is 0 Å². The molecule has 2 unspecified atom stereocenters. The van der Waals surface area contributed by atoms with Gasteiger partial charge >= 0.3 is 6.18 Å². The van der Waals surface area contributed by atoms with Gasteiger partial charge in [0.05, 0.1) is 12.0 Å². The molecule has 0 heterocycles. The fraction of sp³-hybridized carbons (Fsp3) is 0.562. The molecule has 3 nitrogen and oxygen atoms in total. The molecular formula is C16H20F3NO2. The van der Waals surface area contributed by atoms with E-state index < -0.39 is 11.7 Å². The third-order valence-electron chi connectivity index (χ3n) is 4.14. The number of aliphatic hydroxyl groups is 1. The van der Waals surface area contributed by atoms with Crippen molar-refractivity contribution < 1.29 is 23.1 Å². The third-order valence-corrected chi connectivity index (χ3v) is 4.14. The first-order valence-electron chi connectivity index (χ1n) is 7.46. The van der Waals surface area contributed by atoms with Gasteiger partial charge in [0.15, 0.2) is 0 Å². The quantitative estimate of drug-likeness (QED) is 0.897. The number of carbonyl (C=O) groups excluding carboxylic acids is 1. The lowest BCUT2D eigenvalue weighted by molar-refractivity contribution is -0.137. The van der Waals surface area contributed by atoms with E-state index in [-0.39, 0.29) is 30.9 Å². The van der Waals surface area contributed by atoms with Crippen molar-refractivity contribution in [1.29, 1.82) is 0 Å². The molecule has 0 aromatic heterocycles. The molecule has 1 aliphatic rings. The van der Waals surface area contributed by atoms with Crippen LogP contribution < -0.4 is 5.32 Å². The fourth-order valence-corrected chi connectivity index (χ4v) is 2.87. The maximum absolute atomic E-state index is 12.5. The zero-order chi connectivity index (χ0) is 16.2. The number of hydrogen-bond acceptors (Lipinski definition) is 2. The molecular weight excluding hydrogens is 295 g/mol. The zero-order valence-corrected chi connectivity index (χ0v) is 12.2. The summed E-state index contributed by atoms with van der Waals surface area (Å²) in [6, 6.07) is 4.58. The molecule has 6 heteroatoms. The van der Waals surface area contributed by atoms with Gasteiger partial charge in [-0.25, -0.2) is 0 Å². The second-order valence-corrected chi connectivity index (χ2v) is 5.77. The Hall–Kier alpha value is -1.56. The summed E-state index contributed by atoms with van der Waals surface area (Å²) in [5.41, 5.74) is -0.175. The molecule has 2 rings (SSSR count). The lowest BCUT2D eigenvalue weighted by atomic mass is 9.85. The van der Waals surface area contributed by atoms with Crippen LogP contribution in [0, 0.1) is 5.92 Å². The molecule has 2 atom stereocenters. The van der Waals surface area contributed by atoms with Crippen molar-refractivity contribution in [3.05, 3.63) is 35.4 Å². The van der Waals surface area contributed by atoms with Crippen molar-refractivity contribution in [3.8, 4) is 0 Å². The van der Waals surface area contributed by atoms with E-state index in [0.717, 1.165) is 37.8 Å². The molecule has 1 aliphatic carbocycles. The lowest BCUT2D eigenvalue weighted by Gasteiger charge is -2.30. The number of halogens is 3. The largest absolute Gasteiger partial charge is 0.416 e. The SMILES string of the molecule is O=C(Cc1ccc(C(F)(F)F)cc1)NC1CCCCC1CO. The number of alkyl halides is 3. The molecule has 2 N–H and O–H groups in total. The predicted molar refractivity (Wildman–Crippen MR) is 76.1 cm³/mol. The number of hydrogen-bond donors (Lipinski definition) is 2. The van der Waals surface area contributed by atoms with Crippen LogP contribution >= 0.6 is 0 Å². The molecule has 1 aromatic rings. The van der Waals surface area contributed by atoms with E-state index in [1.54, 1.807) is 0 Å². The first kappa shape index (κ1) is 16.8. The van der Waals surface area contributed by atoms with Crippen molar-refractivity contribution in [2.45, 2.75) is 44.3 Å². The van der Waals surface area contributed by atoms with Crippen LogP contribution in [0.5, 0.6) is 0 Å².